The van der Waals surface area contributed by atoms with Gasteiger partial charge in [-0.2, -0.15) is 0 Å². The minimum absolute atomic E-state index is 0.00189. The van der Waals surface area contributed by atoms with Gasteiger partial charge in [-0.1, -0.05) is 0 Å². The molecule has 0 bridgehead atoms. The van der Waals surface area contributed by atoms with E-state index >= 15 is 0 Å². The number of carbonyl (C=O) groups excluding carboxylic acids is 2. The predicted octanol–water partition coefficient (Wildman–Crippen LogP) is 3.43. The molecule has 0 unspecified atom stereocenters. The molecule has 2 aromatic rings. The van der Waals surface area contributed by atoms with E-state index in [2.05, 4.69) is 10.3 Å². The van der Waals surface area contributed by atoms with E-state index in [0.717, 1.165) is 43.7 Å². The summed E-state index contributed by atoms with van der Waals surface area (Å²) in [4.78, 5) is 29.9. The highest BCUT2D eigenvalue weighted by atomic mass is 16.5. The van der Waals surface area contributed by atoms with E-state index in [9.17, 15) is 9.59 Å². The summed E-state index contributed by atoms with van der Waals surface area (Å²) in [5.41, 5.74) is 1.91. The summed E-state index contributed by atoms with van der Waals surface area (Å²) < 4.78 is 5.75. The van der Waals surface area contributed by atoms with Crippen molar-refractivity contribution in [3.63, 3.8) is 0 Å². The third-order valence-corrected chi connectivity index (χ3v) is 5.00. The number of piperidine rings is 1. The Morgan fingerprint density at radius 3 is 2.61 bits per heavy atom. The predicted molar refractivity (Wildman–Crippen MR) is 108 cm³/mol. The molecule has 6 heteroatoms. The van der Waals surface area contributed by atoms with Crippen LogP contribution in [0.2, 0.25) is 0 Å². The molecule has 1 atom stereocenters. The number of hydrogen-bond acceptors (Lipinski definition) is 4. The summed E-state index contributed by atoms with van der Waals surface area (Å²) in [7, 11) is 0. The molecule has 1 aliphatic heterocycles. The highest BCUT2D eigenvalue weighted by Gasteiger charge is 2.26. The van der Waals surface area contributed by atoms with E-state index in [4.69, 9.17) is 4.74 Å². The van der Waals surface area contributed by atoms with Crippen molar-refractivity contribution < 1.29 is 14.3 Å². The lowest BCUT2D eigenvalue weighted by Crippen LogP contribution is -2.44. The molecule has 0 saturated carbocycles. The number of ether oxygens (including phenoxy) is 1. The molecular weight excluding hydrogens is 354 g/mol. The van der Waals surface area contributed by atoms with Gasteiger partial charge in [0.1, 0.15) is 5.75 Å². The summed E-state index contributed by atoms with van der Waals surface area (Å²) >= 11 is 0. The van der Waals surface area contributed by atoms with Crippen LogP contribution >= 0.6 is 0 Å². The summed E-state index contributed by atoms with van der Waals surface area (Å²) in [6.45, 7) is 2.90. The van der Waals surface area contributed by atoms with E-state index < -0.39 is 0 Å². The second-order valence-corrected chi connectivity index (χ2v) is 7.09. The molecule has 0 aliphatic carbocycles. The van der Waals surface area contributed by atoms with E-state index in [1.54, 1.807) is 19.3 Å². The minimum atomic E-state index is -0.0653. The second kappa shape index (κ2) is 9.88. The van der Waals surface area contributed by atoms with Gasteiger partial charge in [0, 0.05) is 50.4 Å². The van der Waals surface area contributed by atoms with Gasteiger partial charge in [-0.3, -0.25) is 14.6 Å². The van der Waals surface area contributed by atoms with Gasteiger partial charge >= 0.3 is 0 Å². The Hall–Kier alpha value is -2.89. The number of carbonyl (C=O) groups is 2. The standard InChI is InChI=1S/C22H27N3O3/c1-17(26)25-14-3-2-4-20(25)16-22(27)24-19-5-7-21(8-6-19)28-15-11-18-9-12-23-13-10-18/h5-10,12-13,20H,2-4,11,14-16H2,1H3,(H,24,27)/t20-/m0/s1. The first-order valence-corrected chi connectivity index (χ1v) is 9.80. The molecule has 1 N–H and O–H groups in total. The lowest BCUT2D eigenvalue weighted by Gasteiger charge is -2.34. The van der Waals surface area contributed by atoms with Gasteiger partial charge in [-0.25, -0.2) is 0 Å². The molecule has 1 aromatic heterocycles. The molecule has 1 aromatic carbocycles. The molecule has 6 nitrogen and oxygen atoms in total. The van der Waals surface area contributed by atoms with Crippen molar-refractivity contribution in [2.24, 2.45) is 0 Å². The number of anilines is 1. The van der Waals surface area contributed by atoms with Gasteiger partial charge in [0.2, 0.25) is 11.8 Å². The van der Waals surface area contributed by atoms with Crippen LogP contribution in [0.25, 0.3) is 0 Å². The Balaban J connectivity index is 1.45. The van der Waals surface area contributed by atoms with Gasteiger partial charge in [-0.05, 0) is 61.2 Å². The van der Waals surface area contributed by atoms with Gasteiger partial charge in [0.05, 0.1) is 6.61 Å². The molecule has 3 rings (SSSR count). The summed E-state index contributed by atoms with van der Waals surface area (Å²) in [6, 6.07) is 11.3. The highest BCUT2D eigenvalue weighted by Crippen LogP contribution is 2.21. The van der Waals surface area contributed by atoms with Crippen LogP contribution in [0, 0.1) is 0 Å². The maximum atomic E-state index is 12.4. The van der Waals surface area contributed by atoms with Crippen LogP contribution in [0.4, 0.5) is 5.69 Å². The van der Waals surface area contributed by atoms with Gasteiger partial charge < -0.3 is 15.0 Å². The number of benzene rings is 1. The number of nitrogens with one attached hydrogen (secondary N) is 1. The molecule has 1 aliphatic rings. The van der Waals surface area contributed by atoms with Crippen LogP contribution < -0.4 is 10.1 Å². The molecule has 1 fully saturated rings. The van der Waals surface area contributed by atoms with Gasteiger partial charge in [0.15, 0.2) is 0 Å². The first kappa shape index (κ1) is 19.9. The maximum absolute atomic E-state index is 12.4. The Bertz CT molecular complexity index is 777. The molecule has 0 radical (unpaired) electrons. The number of hydrogen-bond donors (Lipinski definition) is 1. The molecule has 0 spiro atoms. The van der Waals surface area contributed by atoms with Crippen molar-refractivity contribution in [2.45, 2.75) is 45.1 Å². The average molecular weight is 381 g/mol. The topological polar surface area (TPSA) is 71.5 Å². The van der Waals surface area contributed by atoms with Crippen LogP contribution in [0.3, 0.4) is 0 Å². The lowest BCUT2D eigenvalue weighted by atomic mass is 9.99. The number of aromatic nitrogens is 1. The second-order valence-electron chi connectivity index (χ2n) is 7.09. The van der Waals surface area contributed by atoms with Crippen LogP contribution in [0.5, 0.6) is 5.75 Å². The molecule has 148 valence electrons. The number of pyridine rings is 1. The largest absolute Gasteiger partial charge is 0.493 e. The summed E-state index contributed by atoms with van der Waals surface area (Å²) in [5, 5.41) is 2.92. The van der Waals surface area contributed by atoms with E-state index in [-0.39, 0.29) is 17.9 Å². The fraction of sp³-hybridized carbons (Fsp3) is 0.409. The molecule has 28 heavy (non-hydrogen) atoms. The smallest absolute Gasteiger partial charge is 0.226 e. The Morgan fingerprint density at radius 2 is 1.89 bits per heavy atom. The van der Waals surface area contributed by atoms with Crippen LogP contribution in [-0.4, -0.2) is 40.9 Å². The van der Waals surface area contributed by atoms with Gasteiger partial charge in [-0.15, -0.1) is 0 Å². The van der Waals surface area contributed by atoms with Crippen molar-refractivity contribution >= 4 is 17.5 Å². The van der Waals surface area contributed by atoms with Crippen molar-refractivity contribution in [3.8, 4) is 5.75 Å². The average Bonchev–Trinajstić information content (AvgIpc) is 2.70. The van der Waals surface area contributed by atoms with Crippen molar-refractivity contribution in [1.82, 2.24) is 9.88 Å². The SMILES string of the molecule is CC(=O)N1CCCC[C@H]1CC(=O)Nc1ccc(OCCc2ccncc2)cc1. The highest BCUT2D eigenvalue weighted by molar-refractivity contribution is 5.91. The first-order valence-electron chi connectivity index (χ1n) is 9.80. The zero-order chi connectivity index (χ0) is 19.8. The molecule has 2 heterocycles. The van der Waals surface area contributed by atoms with Crippen LogP contribution in [-0.2, 0) is 16.0 Å². The summed E-state index contributed by atoms with van der Waals surface area (Å²) in [5.74, 6) is 0.748. The third-order valence-electron chi connectivity index (χ3n) is 5.00. The Kier molecular flexibility index (Phi) is 7.00. The minimum Gasteiger partial charge on any atom is -0.493 e. The third kappa shape index (κ3) is 5.81. The fourth-order valence-corrected chi connectivity index (χ4v) is 3.52. The number of nitrogens with zero attached hydrogens (tertiary/aromatic N) is 2. The number of amides is 2. The monoisotopic (exact) mass is 381 g/mol. The van der Waals surface area contributed by atoms with Crippen molar-refractivity contribution in [2.75, 3.05) is 18.5 Å². The first-order chi connectivity index (χ1) is 13.6. The van der Waals surface area contributed by atoms with Crippen molar-refractivity contribution in [3.05, 3.63) is 54.4 Å². The molecular formula is C22H27N3O3. The Labute approximate surface area is 165 Å². The van der Waals surface area contributed by atoms with Crippen LogP contribution in [0.1, 0.15) is 38.2 Å². The Morgan fingerprint density at radius 1 is 1.14 bits per heavy atom. The lowest BCUT2D eigenvalue weighted by molar-refractivity contribution is -0.133. The zero-order valence-electron chi connectivity index (χ0n) is 16.3. The van der Waals surface area contributed by atoms with E-state index in [1.807, 2.05) is 41.3 Å². The maximum Gasteiger partial charge on any atom is 0.226 e. The van der Waals surface area contributed by atoms with Crippen LogP contribution in [0.15, 0.2) is 48.8 Å². The zero-order valence-corrected chi connectivity index (χ0v) is 16.3. The quantitative estimate of drug-likeness (QED) is 0.798. The van der Waals surface area contributed by atoms with E-state index in [0.29, 0.717) is 13.0 Å². The van der Waals surface area contributed by atoms with Gasteiger partial charge in [0.25, 0.3) is 0 Å². The normalized spacial score (nSPS) is 16.5. The molecule has 1 saturated heterocycles. The molecule has 2 amide bonds. The number of rotatable bonds is 7. The van der Waals surface area contributed by atoms with E-state index in [1.165, 1.54) is 5.56 Å². The number of likely N-dealkylation sites (tertiary alicyclic amines) is 1. The van der Waals surface area contributed by atoms with Crippen molar-refractivity contribution in [1.29, 1.82) is 0 Å². The fourth-order valence-electron chi connectivity index (χ4n) is 3.52. The summed E-state index contributed by atoms with van der Waals surface area (Å²) in [6.07, 6.45) is 7.66.